The number of aliphatic imine (C=N–C) groups is 5. The number of primary amides is 2. The number of guanidine groups is 5. The SMILES string of the molecule is NCCCC[C@H](NC(=O)[C@H](N)CCCN=C(N)N)C(=O)N[C@@H](CCCCN)C(=O)N[C@@H](CC(N)=O)C(=O)N[C@H](CCCN=C(N)N)C(=O)N[C@@H](CCC(N)=O)C(=O)N[C@@H](CCCN=C(N)N)C(=O)N[C@@H](CCCN=C(N)N)C(=O)N[C@H](CCCN=C(N)N)C(=O)O. The van der Waals surface area contributed by atoms with Crippen molar-refractivity contribution in [2.45, 2.75) is 176 Å². The average Bonchev–Trinajstić information content (AvgIpc) is 1.63. The zero-order valence-corrected chi connectivity index (χ0v) is 51.4. The molecule has 91 heavy (non-hydrogen) atoms. The number of amides is 10. The van der Waals surface area contributed by atoms with Crippen LogP contribution in [0.25, 0.3) is 0 Å². The molecular weight excluding hydrogens is 1200 g/mol. The second kappa shape index (κ2) is 46.5. The van der Waals surface area contributed by atoms with Crippen molar-refractivity contribution < 1.29 is 57.8 Å². The quantitative estimate of drug-likeness (QED) is 0.0153. The van der Waals surface area contributed by atoms with Gasteiger partial charge in [-0.05, 0) is 122 Å². The van der Waals surface area contributed by atoms with E-state index in [1.165, 1.54) is 0 Å². The van der Waals surface area contributed by atoms with Gasteiger partial charge in [-0.3, -0.25) is 72.9 Å². The molecule has 0 spiro atoms. The molecule has 0 aromatic rings. The summed E-state index contributed by atoms with van der Waals surface area (Å²) < 4.78 is 0. The van der Waals surface area contributed by atoms with Crippen molar-refractivity contribution in [2.24, 2.45) is 111 Å². The van der Waals surface area contributed by atoms with Gasteiger partial charge in [-0.15, -0.1) is 0 Å². The van der Waals surface area contributed by atoms with E-state index in [4.69, 9.17) is 86.0 Å². The Bertz CT molecular complexity index is 2500. The van der Waals surface area contributed by atoms with E-state index < -0.39 is 139 Å². The number of carboxylic acids is 1. The molecule has 9 atom stereocenters. The van der Waals surface area contributed by atoms with Crippen LogP contribution >= 0.6 is 0 Å². The molecule has 39 N–H and O–H groups in total. The van der Waals surface area contributed by atoms with Crippen LogP contribution in [0.1, 0.15) is 122 Å². The number of nitrogens with zero attached hydrogens (tertiary/aromatic N) is 5. The first kappa shape index (κ1) is 81.4. The highest BCUT2D eigenvalue weighted by atomic mass is 16.4. The highest BCUT2D eigenvalue weighted by Crippen LogP contribution is 2.12. The van der Waals surface area contributed by atoms with Crippen LogP contribution in [0.5, 0.6) is 0 Å². The zero-order chi connectivity index (χ0) is 69.0. The molecule has 0 bridgehead atoms. The number of carbonyl (C=O) groups is 11. The van der Waals surface area contributed by atoms with Gasteiger partial charge in [0.2, 0.25) is 59.1 Å². The van der Waals surface area contributed by atoms with Crippen molar-refractivity contribution in [3.8, 4) is 0 Å². The molecule has 0 radical (unpaired) electrons. The minimum absolute atomic E-state index is 0.00804. The van der Waals surface area contributed by atoms with Crippen LogP contribution in [0, 0.1) is 0 Å². The molecule has 0 saturated carbocycles. The molecule has 0 aromatic carbocycles. The molecule has 0 fully saturated rings. The van der Waals surface area contributed by atoms with Crippen LogP contribution in [0.3, 0.4) is 0 Å². The minimum atomic E-state index is -1.83. The van der Waals surface area contributed by atoms with Crippen molar-refractivity contribution in [3.63, 3.8) is 0 Å². The molecule has 0 aliphatic rings. The predicted octanol–water partition coefficient (Wildman–Crippen LogP) is -11.1. The molecule has 0 aliphatic carbocycles. The lowest BCUT2D eigenvalue weighted by Crippen LogP contribution is -2.60. The van der Waals surface area contributed by atoms with Crippen LogP contribution in [0.4, 0.5) is 0 Å². The summed E-state index contributed by atoms with van der Waals surface area (Å²) in [5, 5.41) is 29.9. The number of nitrogens with one attached hydrogen (secondary N) is 8. The van der Waals surface area contributed by atoms with E-state index in [-0.39, 0.29) is 153 Å². The number of unbranched alkanes of at least 4 members (excludes halogenated alkanes) is 2. The summed E-state index contributed by atoms with van der Waals surface area (Å²) in [6, 6.07) is -13.5. The third kappa shape index (κ3) is 39.1. The van der Waals surface area contributed by atoms with Gasteiger partial charge in [0.25, 0.3) is 0 Å². The maximum atomic E-state index is 14.5. The van der Waals surface area contributed by atoms with Gasteiger partial charge in [-0.2, -0.15) is 0 Å². The first-order valence-corrected chi connectivity index (χ1v) is 29.6. The van der Waals surface area contributed by atoms with Gasteiger partial charge >= 0.3 is 5.97 Å². The van der Waals surface area contributed by atoms with E-state index in [1.54, 1.807) is 0 Å². The van der Waals surface area contributed by atoms with Gasteiger partial charge < -0.3 is 134 Å². The van der Waals surface area contributed by atoms with Crippen molar-refractivity contribution in [1.29, 1.82) is 0 Å². The van der Waals surface area contributed by atoms with Gasteiger partial charge in [0.15, 0.2) is 29.8 Å². The normalized spacial score (nSPS) is 13.7. The lowest BCUT2D eigenvalue weighted by Gasteiger charge is -2.28. The smallest absolute Gasteiger partial charge is 0.326 e. The molecular formula is C51H100N28O12. The van der Waals surface area contributed by atoms with Gasteiger partial charge in [-0.25, -0.2) is 4.79 Å². The van der Waals surface area contributed by atoms with Crippen LogP contribution in [0.2, 0.25) is 0 Å². The maximum Gasteiger partial charge on any atom is 0.326 e. The number of aliphatic carboxylic acids is 1. The molecule has 0 unspecified atom stereocenters. The predicted molar refractivity (Wildman–Crippen MR) is 339 cm³/mol. The lowest BCUT2D eigenvalue weighted by atomic mass is 10.0. The Morgan fingerprint density at radius 3 is 0.813 bits per heavy atom. The minimum Gasteiger partial charge on any atom is -0.480 e. The fourth-order valence-electron chi connectivity index (χ4n) is 8.40. The zero-order valence-electron chi connectivity index (χ0n) is 51.4. The standard InChI is InChI=1S/C51H100N28O12/c52-19-3-1-11-28(72-38(82)27(54)10-5-21-67-47(57)58)39(83)73-29(12-2-4-20-53)43(87)79-35(26-37(56)81)45(89)76-31(14-7-23-69-49(61)62)41(85)77-33(17-18-36(55)80)44(88)75-30(13-6-22-68-48(59)60)40(84)74-32(15-8-24-70-50(63)64)42(86)78-34(46(90)91)16-9-25-71-51(65)66/h27-35H,1-26,52-54H2,(H2,55,80)(H2,56,81)(H,72,82)(H,73,83)(H,74,84)(H,75,88)(H,76,89)(H,77,85)(H,78,86)(H,79,87)(H,90,91)(H4,57,58,67)(H4,59,60,68)(H4,61,62,69)(H4,63,64,70)(H4,65,66,71)/t27-,28+,29+,30+,31-,32+,33+,34-,35+/m1/s1. The van der Waals surface area contributed by atoms with E-state index in [0.717, 1.165) is 0 Å². The fourth-order valence-corrected chi connectivity index (χ4v) is 8.40. The summed E-state index contributed by atoms with van der Waals surface area (Å²) in [6.45, 7) is 0.447. The summed E-state index contributed by atoms with van der Waals surface area (Å²) in [5.41, 5.74) is 83.0. The number of hydrogen-bond donors (Lipinski definition) is 24. The van der Waals surface area contributed by atoms with Gasteiger partial charge in [-0.1, -0.05) is 0 Å². The van der Waals surface area contributed by atoms with Crippen molar-refractivity contribution >= 4 is 94.8 Å². The first-order chi connectivity index (χ1) is 42.9. The second-order valence-electron chi connectivity index (χ2n) is 20.9. The van der Waals surface area contributed by atoms with E-state index >= 15 is 0 Å². The molecule has 0 rings (SSSR count). The Hall–Kier alpha value is -9.60. The average molecular weight is 1300 g/mol. The number of nitrogens with two attached hydrogens (primary N) is 15. The molecule has 40 heteroatoms. The van der Waals surface area contributed by atoms with E-state index in [2.05, 4.69) is 67.5 Å². The number of rotatable bonds is 50. The highest BCUT2D eigenvalue weighted by Gasteiger charge is 2.36. The molecule has 0 aromatic heterocycles. The largest absolute Gasteiger partial charge is 0.480 e. The summed E-state index contributed by atoms with van der Waals surface area (Å²) in [6.07, 6.45) is -0.657. The Kier molecular flexibility index (Phi) is 41.6. The number of carbonyl (C=O) groups excluding carboxylic acids is 10. The molecule has 516 valence electrons. The van der Waals surface area contributed by atoms with E-state index in [1.807, 2.05) is 0 Å². The van der Waals surface area contributed by atoms with Crippen molar-refractivity contribution in [3.05, 3.63) is 0 Å². The molecule has 0 heterocycles. The van der Waals surface area contributed by atoms with Crippen LogP contribution in [0.15, 0.2) is 25.0 Å². The molecule has 0 saturated heterocycles. The fraction of sp³-hybridized carbons (Fsp3) is 0.686. The van der Waals surface area contributed by atoms with Crippen molar-refractivity contribution in [2.75, 3.05) is 45.8 Å². The second-order valence-corrected chi connectivity index (χ2v) is 20.9. The molecule has 10 amide bonds. The van der Waals surface area contributed by atoms with Gasteiger partial charge in [0.05, 0.1) is 12.5 Å². The van der Waals surface area contributed by atoms with Crippen LogP contribution in [-0.2, 0) is 52.7 Å². The van der Waals surface area contributed by atoms with E-state index in [9.17, 15) is 57.8 Å². The monoisotopic (exact) mass is 1300 g/mol. The van der Waals surface area contributed by atoms with Crippen LogP contribution < -0.4 is 129 Å². The Morgan fingerprint density at radius 2 is 0.538 bits per heavy atom. The number of carboxylic acid groups (broad SMARTS) is 1. The van der Waals surface area contributed by atoms with Gasteiger partial charge in [0.1, 0.15) is 48.3 Å². The lowest BCUT2D eigenvalue weighted by molar-refractivity contribution is -0.142. The first-order valence-electron chi connectivity index (χ1n) is 29.6. The third-order valence-corrected chi connectivity index (χ3v) is 13.1. The third-order valence-electron chi connectivity index (χ3n) is 13.1. The number of hydrogen-bond acceptors (Lipinski definition) is 19. The summed E-state index contributed by atoms with van der Waals surface area (Å²) >= 11 is 0. The topological polar surface area (TPSA) is 756 Å². The summed E-state index contributed by atoms with van der Waals surface area (Å²) in [7, 11) is 0. The Labute approximate surface area is 527 Å². The van der Waals surface area contributed by atoms with Crippen LogP contribution in [-0.4, -0.2) is 200 Å². The Morgan fingerprint density at radius 1 is 0.297 bits per heavy atom. The Balaban J connectivity index is 7.28. The van der Waals surface area contributed by atoms with Crippen molar-refractivity contribution in [1.82, 2.24) is 42.5 Å². The van der Waals surface area contributed by atoms with Gasteiger partial charge in [0, 0.05) is 39.1 Å². The summed E-state index contributed by atoms with van der Waals surface area (Å²) in [5.74, 6) is -12.6. The highest BCUT2D eigenvalue weighted by molar-refractivity contribution is 5.99. The summed E-state index contributed by atoms with van der Waals surface area (Å²) in [4.78, 5) is 169. The molecule has 0 aliphatic heterocycles. The van der Waals surface area contributed by atoms with E-state index in [0.29, 0.717) is 25.7 Å². The maximum absolute atomic E-state index is 14.5. The molecule has 40 nitrogen and oxygen atoms in total.